The standard InChI is InChI=1S/C25H34N6O3/c32-25(20-34-21-5-2-1-3-6-21)31-16-14-30(15-17-31)24-9-8-23(26-27-24)29-12-10-28(11-13-29)19-22-7-4-18-33-22/h1-3,5-6,8-9,22H,4,7,10-20H2. The van der Waals surface area contributed by atoms with Crippen LogP contribution in [0.25, 0.3) is 0 Å². The molecule has 2 aromatic rings. The second-order valence-electron chi connectivity index (χ2n) is 9.14. The Balaban J connectivity index is 1.05. The van der Waals surface area contributed by atoms with Crippen molar-refractivity contribution >= 4 is 17.5 Å². The van der Waals surface area contributed by atoms with Crippen molar-refractivity contribution in [2.45, 2.75) is 18.9 Å². The van der Waals surface area contributed by atoms with Crippen molar-refractivity contribution in [3.05, 3.63) is 42.5 Å². The van der Waals surface area contributed by atoms with Crippen LogP contribution in [-0.4, -0.2) is 104 Å². The molecular formula is C25H34N6O3. The minimum Gasteiger partial charge on any atom is -0.484 e. The zero-order chi connectivity index (χ0) is 23.2. The first-order valence-electron chi connectivity index (χ1n) is 12.4. The number of aromatic nitrogens is 2. The number of amides is 1. The normalized spacial score (nSPS) is 21.6. The van der Waals surface area contributed by atoms with Crippen molar-refractivity contribution < 1.29 is 14.3 Å². The summed E-state index contributed by atoms with van der Waals surface area (Å²) >= 11 is 0. The molecule has 3 aliphatic rings. The lowest BCUT2D eigenvalue weighted by Gasteiger charge is -2.37. The second kappa shape index (κ2) is 11.0. The topological polar surface area (TPSA) is 74.3 Å². The van der Waals surface area contributed by atoms with Gasteiger partial charge in [0.2, 0.25) is 0 Å². The molecule has 1 aromatic carbocycles. The van der Waals surface area contributed by atoms with Gasteiger partial charge in [-0.2, -0.15) is 0 Å². The third kappa shape index (κ3) is 5.77. The molecule has 0 N–H and O–H groups in total. The molecule has 3 saturated heterocycles. The molecule has 0 radical (unpaired) electrons. The predicted molar refractivity (Wildman–Crippen MR) is 130 cm³/mol. The molecule has 3 fully saturated rings. The first kappa shape index (κ1) is 22.9. The van der Waals surface area contributed by atoms with E-state index in [4.69, 9.17) is 9.47 Å². The number of piperazine rings is 2. The van der Waals surface area contributed by atoms with E-state index in [-0.39, 0.29) is 12.5 Å². The molecule has 1 unspecified atom stereocenters. The molecule has 34 heavy (non-hydrogen) atoms. The van der Waals surface area contributed by atoms with Gasteiger partial charge in [-0.15, -0.1) is 10.2 Å². The number of para-hydroxylation sites is 1. The summed E-state index contributed by atoms with van der Waals surface area (Å²) in [5, 5.41) is 9.01. The SMILES string of the molecule is O=C(COc1ccccc1)N1CCN(c2ccc(N3CCN(CC4CCCO4)CC3)nn2)CC1. The summed E-state index contributed by atoms with van der Waals surface area (Å²) in [5.74, 6) is 2.54. The lowest BCUT2D eigenvalue weighted by molar-refractivity contribution is -0.133. The summed E-state index contributed by atoms with van der Waals surface area (Å²) in [5.41, 5.74) is 0. The van der Waals surface area contributed by atoms with Crippen LogP contribution in [0.3, 0.4) is 0 Å². The Morgan fingerprint density at radius 2 is 1.53 bits per heavy atom. The number of carbonyl (C=O) groups excluding carboxylic acids is 1. The number of hydrogen-bond donors (Lipinski definition) is 0. The zero-order valence-corrected chi connectivity index (χ0v) is 19.7. The Bertz CT molecular complexity index is 906. The molecule has 4 heterocycles. The molecule has 0 bridgehead atoms. The molecule has 3 aliphatic heterocycles. The van der Waals surface area contributed by atoms with Gasteiger partial charge >= 0.3 is 0 Å². The predicted octanol–water partition coefficient (Wildman–Crippen LogP) is 1.51. The smallest absolute Gasteiger partial charge is 0.260 e. The largest absolute Gasteiger partial charge is 0.484 e. The van der Waals surface area contributed by atoms with Crippen LogP contribution >= 0.6 is 0 Å². The molecule has 1 atom stereocenters. The average Bonchev–Trinajstić information content (AvgIpc) is 3.42. The summed E-state index contributed by atoms with van der Waals surface area (Å²) in [7, 11) is 0. The van der Waals surface area contributed by atoms with Gasteiger partial charge in [0.15, 0.2) is 18.2 Å². The molecule has 9 nitrogen and oxygen atoms in total. The molecule has 0 spiro atoms. The van der Waals surface area contributed by atoms with E-state index in [1.54, 1.807) is 0 Å². The first-order chi connectivity index (χ1) is 16.7. The Morgan fingerprint density at radius 3 is 2.12 bits per heavy atom. The zero-order valence-electron chi connectivity index (χ0n) is 19.7. The van der Waals surface area contributed by atoms with E-state index >= 15 is 0 Å². The number of hydrogen-bond acceptors (Lipinski definition) is 8. The number of ether oxygens (including phenoxy) is 2. The highest BCUT2D eigenvalue weighted by molar-refractivity contribution is 5.78. The minimum absolute atomic E-state index is 0.0172. The van der Waals surface area contributed by atoms with Crippen LogP contribution in [0.5, 0.6) is 5.75 Å². The van der Waals surface area contributed by atoms with Crippen LogP contribution in [0.1, 0.15) is 12.8 Å². The van der Waals surface area contributed by atoms with E-state index in [1.165, 1.54) is 12.8 Å². The minimum atomic E-state index is 0.0172. The molecule has 1 amide bonds. The van der Waals surface area contributed by atoms with Crippen molar-refractivity contribution in [3.63, 3.8) is 0 Å². The number of nitrogens with zero attached hydrogens (tertiary/aromatic N) is 6. The van der Waals surface area contributed by atoms with Gasteiger partial charge in [-0.25, -0.2) is 0 Å². The second-order valence-corrected chi connectivity index (χ2v) is 9.14. The maximum absolute atomic E-state index is 12.5. The fraction of sp³-hybridized carbons (Fsp3) is 0.560. The van der Waals surface area contributed by atoms with Crippen LogP contribution in [-0.2, 0) is 9.53 Å². The van der Waals surface area contributed by atoms with Gasteiger partial charge in [-0.05, 0) is 37.1 Å². The number of carbonyl (C=O) groups is 1. The van der Waals surface area contributed by atoms with Crippen LogP contribution in [0, 0.1) is 0 Å². The number of rotatable bonds is 7. The lowest BCUT2D eigenvalue weighted by atomic mass is 10.2. The third-order valence-electron chi connectivity index (χ3n) is 6.88. The summed E-state index contributed by atoms with van der Waals surface area (Å²) in [6, 6.07) is 13.6. The molecule has 9 heteroatoms. The third-order valence-corrected chi connectivity index (χ3v) is 6.88. The van der Waals surface area contributed by atoms with Crippen LogP contribution < -0.4 is 14.5 Å². The van der Waals surface area contributed by atoms with E-state index in [9.17, 15) is 4.79 Å². The van der Waals surface area contributed by atoms with E-state index < -0.39 is 0 Å². The Kier molecular flexibility index (Phi) is 7.40. The van der Waals surface area contributed by atoms with Crippen molar-refractivity contribution in [2.24, 2.45) is 0 Å². The van der Waals surface area contributed by atoms with E-state index in [2.05, 4.69) is 37.0 Å². The molecule has 182 valence electrons. The van der Waals surface area contributed by atoms with Gasteiger partial charge in [-0.1, -0.05) is 18.2 Å². The Labute approximate surface area is 201 Å². The van der Waals surface area contributed by atoms with Gasteiger partial charge < -0.3 is 24.2 Å². The van der Waals surface area contributed by atoms with Gasteiger partial charge in [-0.3, -0.25) is 9.69 Å². The van der Waals surface area contributed by atoms with Crippen molar-refractivity contribution in [2.75, 3.05) is 81.9 Å². The summed E-state index contributed by atoms with van der Waals surface area (Å²) in [6.07, 6.45) is 2.80. The van der Waals surface area contributed by atoms with E-state index in [0.717, 1.165) is 64.1 Å². The highest BCUT2D eigenvalue weighted by Gasteiger charge is 2.25. The fourth-order valence-electron chi connectivity index (χ4n) is 4.83. The Morgan fingerprint density at radius 1 is 0.882 bits per heavy atom. The maximum Gasteiger partial charge on any atom is 0.260 e. The van der Waals surface area contributed by atoms with Crippen molar-refractivity contribution in [3.8, 4) is 5.75 Å². The Hall–Kier alpha value is -2.91. The van der Waals surface area contributed by atoms with E-state index in [1.807, 2.05) is 35.2 Å². The lowest BCUT2D eigenvalue weighted by Crippen LogP contribution is -2.50. The van der Waals surface area contributed by atoms with Crippen LogP contribution in [0.15, 0.2) is 42.5 Å². The number of benzene rings is 1. The monoisotopic (exact) mass is 466 g/mol. The molecule has 1 aromatic heterocycles. The quantitative estimate of drug-likeness (QED) is 0.608. The summed E-state index contributed by atoms with van der Waals surface area (Å²) in [6.45, 7) is 8.84. The highest BCUT2D eigenvalue weighted by Crippen LogP contribution is 2.19. The average molecular weight is 467 g/mol. The molecular weight excluding hydrogens is 432 g/mol. The highest BCUT2D eigenvalue weighted by atomic mass is 16.5. The van der Waals surface area contributed by atoms with Gasteiger partial charge in [0.05, 0.1) is 6.10 Å². The molecule has 0 aliphatic carbocycles. The van der Waals surface area contributed by atoms with Crippen molar-refractivity contribution in [1.82, 2.24) is 20.0 Å². The molecule has 5 rings (SSSR count). The maximum atomic E-state index is 12.5. The van der Waals surface area contributed by atoms with Gasteiger partial charge in [0, 0.05) is 65.5 Å². The van der Waals surface area contributed by atoms with E-state index in [0.29, 0.717) is 24.9 Å². The van der Waals surface area contributed by atoms with Crippen LogP contribution in [0.2, 0.25) is 0 Å². The van der Waals surface area contributed by atoms with Crippen LogP contribution in [0.4, 0.5) is 11.6 Å². The van der Waals surface area contributed by atoms with Gasteiger partial charge in [0.1, 0.15) is 5.75 Å². The van der Waals surface area contributed by atoms with Crippen molar-refractivity contribution in [1.29, 1.82) is 0 Å². The first-order valence-corrected chi connectivity index (χ1v) is 12.4. The number of anilines is 2. The summed E-state index contributed by atoms with van der Waals surface area (Å²) in [4.78, 5) is 21.4. The molecule has 0 saturated carbocycles. The summed E-state index contributed by atoms with van der Waals surface area (Å²) < 4.78 is 11.4. The fourth-order valence-corrected chi connectivity index (χ4v) is 4.83. The van der Waals surface area contributed by atoms with Gasteiger partial charge in [0.25, 0.3) is 5.91 Å².